The van der Waals surface area contributed by atoms with Crippen molar-refractivity contribution in [3.05, 3.63) is 97.2 Å². The quantitative estimate of drug-likeness (QED) is 0.0261. The van der Waals surface area contributed by atoms with Crippen LogP contribution in [-0.2, 0) is 14.3 Å². The Morgan fingerprint density at radius 1 is 0.432 bits per heavy atom. The van der Waals surface area contributed by atoms with Crippen molar-refractivity contribution in [3.63, 3.8) is 0 Å². The molecule has 1 aliphatic heterocycles. The fraction of sp³-hybridized carbons (Fsp3) is 0.764. The Morgan fingerprint density at radius 3 is 1.19 bits per heavy atom. The van der Waals surface area contributed by atoms with Crippen LogP contribution >= 0.6 is 0 Å². The van der Waals surface area contributed by atoms with Crippen molar-refractivity contribution < 1.29 is 39.8 Å². The van der Waals surface area contributed by atoms with Crippen LogP contribution in [0.5, 0.6) is 0 Å². The zero-order valence-corrected chi connectivity index (χ0v) is 52.3. The zero-order valence-electron chi connectivity index (χ0n) is 52.3. The van der Waals surface area contributed by atoms with Crippen molar-refractivity contribution in [2.45, 2.75) is 339 Å². The molecule has 0 saturated carbocycles. The van der Waals surface area contributed by atoms with E-state index in [1.807, 2.05) is 6.08 Å². The molecule has 9 heteroatoms. The van der Waals surface area contributed by atoms with E-state index in [4.69, 9.17) is 9.47 Å². The molecule has 1 rings (SSSR count). The van der Waals surface area contributed by atoms with Crippen LogP contribution in [0.15, 0.2) is 97.2 Å². The molecule has 1 amide bonds. The molecule has 0 bridgehead atoms. The Hall–Kier alpha value is -2.89. The number of aliphatic hydroxyl groups is 5. The Morgan fingerprint density at radius 2 is 0.778 bits per heavy atom. The Bertz CT molecular complexity index is 1600. The van der Waals surface area contributed by atoms with Crippen LogP contribution in [0.3, 0.4) is 0 Å². The summed E-state index contributed by atoms with van der Waals surface area (Å²) in [6.45, 7) is 3.67. The molecule has 0 aliphatic carbocycles. The van der Waals surface area contributed by atoms with Crippen molar-refractivity contribution in [3.8, 4) is 0 Å². The second kappa shape index (κ2) is 60.2. The zero-order chi connectivity index (χ0) is 58.6. The minimum Gasteiger partial charge on any atom is -0.394 e. The summed E-state index contributed by atoms with van der Waals surface area (Å²) in [5.74, 6) is -0.185. The summed E-state index contributed by atoms with van der Waals surface area (Å²) in [6.07, 6.45) is 80.8. The van der Waals surface area contributed by atoms with E-state index in [-0.39, 0.29) is 12.5 Å². The van der Waals surface area contributed by atoms with Gasteiger partial charge in [-0.05, 0) is 83.5 Å². The molecule has 0 aromatic carbocycles. The smallest absolute Gasteiger partial charge is 0.220 e. The molecule has 468 valence electrons. The number of unbranched alkanes of at least 4 members (excludes halogenated alkanes) is 34. The molecular weight excluding hydrogens is 1010 g/mol. The number of rotatable bonds is 58. The van der Waals surface area contributed by atoms with Gasteiger partial charge in [-0.3, -0.25) is 4.79 Å². The highest BCUT2D eigenvalue weighted by molar-refractivity contribution is 5.76. The molecule has 9 nitrogen and oxygen atoms in total. The number of nitrogens with one attached hydrogen (secondary N) is 1. The van der Waals surface area contributed by atoms with Gasteiger partial charge in [0, 0.05) is 6.42 Å². The van der Waals surface area contributed by atoms with Crippen LogP contribution in [0.2, 0.25) is 0 Å². The summed E-state index contributed by atoms with van der Waals surface area (Å²) < 4.78 is 11.3. The predicted molar refractivity (Wildman–Crippen MR) is 345 cm³/mol. The topological polar surface area (TPSA) is 149 Å². The monoisotopic (exact) mass is 1130 g/mol. The average molecular weight is 1130 g/mol. The molecule has 1 fully saturated rings. The van der Waals surface area contributed by atoms with Crippen LogP contribution in [0.25, 0.3) is 0 Å². The van der Waals surface area contributed by atoms with Gasteiger partial charge in [-0.15, -0.1) is 0 Å². The fourth-order valence-electron chi connectivity index (χ4n) is 10.4. The number of hydrogen-bond acceptors (Lipinski definition) is 8. The molecule has 1 saturated heterocycles. The molecule has 81 heavy (non-hydrogen) atoms. The summed E-state index contributed by atoms with van der Waals surface area (Å²) in [4.78, 5) is 13.1. The maximum absolute atomic E-state index is 13.1. The number of allylic oxidation sites excluding steroid dienone is 15. The third kappa shape index (κ3) is 49.1. The van der Waals surface area contributed by atoms with Gasteiger partial charge in [0.05, 0.1) is 25.4 Å². The summed E-state index contributed by atoms with van der Waals surface area (Å²) in [5.41, 5.74) is 0. The van der Waals surface area contributed by atoms with Gasteiger partial charge in [-0.25, -0.2) is 0 Å². The van der Waals surface area contributed by atoms with Crippen LogP contribution in [0, 0.1) is 0 Å². The molecule has 0 aromatic heterocycles. The van der Waals surface area contributed by atoms with Gasteiger partial charge < -0.3 is 40.3 Å². The lowest BCUT2D eigenvalue weighted by Gasteiger charge is -2.40. The highest BCUT2D eigenvalue weighted by atomic mass is 16.7. The highest BCUT2D eigenvalue weighted by Crippen LogP contribution is 2.23. The number of amides is 1. The van der Waals surface area contributed by atoms with Crippen LogP contribution in [0.4, 0.5) is 0 Å². The van der Waals surface area contributed by atoms with E-state index in [2.05, 4.69) is 104 Å². The van der Waals surface area contributed by atoms with E-state index in [0.29, 0.717) is 6.42 Å². The first-order valence-electron chi connectivity index (χ1n) is 34.0. The van der Waals surface area contributed by atoms with Gasteiger partial charge in [0.2, 0.25) is 5.91 Å². The predicted octanol–water partition coefficient (Wildman–Crippen LogP) is 18.3. The summed E-state index contributed by atoms with van der Waals surface area (Å²) in [6, 6.07) is -0.825. The maximum atomic E-state index is 13.1. The standard InChI is InChI=1S/C72H127NO8/c1-3-5-7-9-11-13-15-17-19-21-23-24-25-26-27-28-29-30-31-32-33-34-35-36-37-38-39-40-41-42-44-46-48-50-52-54-56-58-60-62-68(76)73-65(64-80-72-71(79)70(78)69(77)67(63-74)81-72)66(75)61-59-57-55-53-51-49-47-45-43-22-20-18-16-14-12-10-8-6-4-2/h5,7,11,13,17,19,23-24,26-27,29-30,51,53,59,61,65-67,69-72,74-75,77-79H,3-4,6,8-10,12,14-16,18,20-22,25,28,31-50,52,54-58,60,62-64H2,1-2H3,(H,73,76)/b7-5-,13-11-,19-17-,24-23-,27-26-,30-29-,53-51+,61-59+. The van der Waals surface area contributed by atoms with Crippen molar-refractivity contribution >= 4 is 5.91 Å². The molecule has 0 aromatic rings. The lowest BCUT2D eigenvalue weighted by Crippen LogP contribution is -2.60. The van der Waals surface area contributed by atoms with Gasteiger partial charge in [0.15, 0.2) is 6.29 Å². The molecule has 7 atom stereocenters. The summed E-state index contributed by atoms with van der Waals surface area (Å²) >= 11 is 0. The minimum absolute atomic E-state index is 0.185. The average Bonchev–Trinajstić information content (AvgIpc) is 3.48. The number of carbonyl (C=O) groups excluding carboxylic acids is 1. The molecule has 1 heterocycles. The lowest BCUT2D eigenvalue weighted by atomic mass is 9.99. The first-order valence-corrected chi connectivity index (χ1v) is 34.0. The highest BCUT2D eigenvalue weighted by Gasteiger charge is 2.44. The minimum atomic E-state index is -1.57. The van der Waals surface area contributed by atoms with Crippen molar-refractivity contribution in [2.75, 3.05) is 13.2 Å². The van der Waals surface area contributed by atoms with E-state index in [9.17, 15) is 30.3 Å². The summed E-state index contributed by atoms with van der Waals surface area (Å²) in [7, 11) is 0. The molecule has 0 spiro atoms. The molecule has 7 unspecified atom stereocenters. The number of hydrogen-bond donors (Lipinski definition) is 6. The van der Waals surface area contributed by atoms with Gasteiger partial charge in [0.25, 0.3) is 0 Å². The van der Waals surface area contributed by atoms with Crippen molar-refractivity contribution in [1.82, 2.24) is 5.32 Å². The number of carbonyl (C=O) groups is 1. The third-order valence-electron chi connectivity index (χ3n) is 15.6. The first kappa shape index (κ1) is 76.1. The van der Waals surface area contributed by atoms with E-state index in [1.54, 1.807) is 6.08 Å². The van der Waals surface area contributed by atoms with Crippen LogP contribution in [-0.4, -0.2) is 87.5 Å². The fourth-order valence-corrected chi connectivity index (χ4v) is 10.4. The summed E-state index contributed by atoms with van der Waals surface area (Å²) in [5, 5.41) is 54.6. The Kier molecular flexibility index (Phi) is 56.6. The lowest BCUT2D eigenvalue weighted by molar-refractivity contribution is -0.302. The van der Waals surface area contributed by atoms with Gasteiger partial charge >= 0.3 is 0 Å². The largest absolute Gasteiger partial charge is 0.394 e. The Balaban J connectivity index is 2.10. The van der Waals surface area contributed by atoms with E-state index >= 15 is 0 Å². The SMILES string of the molecule is CC/C=C\C/C=C\C/C=C\C/C=C\C/C=C\C/C=C\CCCCCCCCCCCCCCCCCCCCCCC(=O)NC(COC1OC(CO)C(O)C(O)C1O)C(O)/C=C/CC/C=C/CCCCCCCCCCCCCCC. The molecule has 0 radical (unpaired) electrons. The Labute approximate surface area is 498 Å². The van der Waals surface area contributed by atoms with Crippen molar-refractivity contribution in [2.24, 2.45) is 0 Å². The number of aliphatic hydroxyl groups excluding tert-OH is 5. The maximum Gasteiger partial charge on any atom is 0.220 e. The third-order valence-corrected chi connectivity index (χ3v) is 15.6. The van der Waals surface area contributed by atoms with E-state index < -0.39 is 49.5 Å². The second-order valence-electron chi connectivity index (χ2n) is 23.2. The van der Waals surface area contributed by atoms with E-state index in [0.717, 1.165) is 77.0 Å². The van der Waals surface area contributed by atoms with Crippen LogP contribution < -0.4 is 5.32 Å². The van der Waals surface area contributed by atoms with Crippen LogP contribution in [0.1, 0.15) is 296 Å². The van der Waals surface area contributed by atoms with Gasteiger partial charge in [0.1, 0.15) is 24.4 Å². The van der Waals surface area contributed by atoms with Gasteiger partial charge in [-0.1, -0.05) is 304 Å². The first-order chi connectivity index (χ1) is 39.8. The number of ether oxygens (including phenoxy) is 2. The second-order valence-corrected chi connectivity index (χ2v) is 23.2. The van der Waals surface area contributed by atoms with Crippen molar-refractivity contribution in [1.29, 1.82) is 0 Å². The van der Waals surface area contributed by atoms with Gasteiger partial charge in [-0.2, -0.15) is 0 Å². The molecule has 1 aliphatic rings. The molecular formula is C72H127NO8. The van der Waals surface area contributed by atoms with E-state index in [1.165, 1.54) is 199 Å². The normalized spacial score (nSPS) is 19.0. The molecule has 6 N–H and O–H groups in total.